The number of rotatable bonds is 2. The smallest absolute Gasteiger partial charge is 0.410 e. The molecule has 0 unspecified atom stereocenters. The lowest BCUT2D eigenvalue weighted by atomic mass is 9.79. The van der Waals surface area contributed by atoms with Crippen LogP contribution in [-0.2, 0) is 20.8 Å². The van der Waals surface area contributed by atoms with Crippen molar-refractivity contribution in [3.05, 3.63) is 71.3 Å². The van der Waals surface area contributed by atoms with Crippen LogP contribution in [0.4, 0.5) is 4.79 Å². The average molecular weight is 325 g/mol. The number of ether oxygens (including phenoxy) is 2. The summed E-state index contributed by atoms with van der Waals surface area (Å²) in [4.78, 5) is 26.2. The maximum Gasteiger partial charge on any atom is 0.410 e. The molecule has 0 saturated heterocycles. The number of carbonyl (C=O) groups is 2. The van der Waals surface area contributed by atoms with Crippen molar-refractivity contribution in [2.45, 2.75) is 18.5 Å². The third-order valence-electron chi connectivity index (χ3n) is 4.39. The molecule has 3 rings (SSSR count). The van der Waals surface area contributed by atoms with E-state index in [1.165, 1.54) is 19.1 Å². The molecule has 0 bridgehead atoms. The van der Waals surface area contributed by atoms with E-state index in [9.17, 15) is 9.59 Å². The second-order valence-corrected chi connectivity index (χ2v) is 5.65. The Morgan fingerprint density at radius 3 is 2.29 bits per heavy atom. The van der Waals surface area contributed by atoms with Crippen molar-refractivity contribution in [2.75, 3.05) is 14.2 Å². The molecule has 124 valence electrons. The number of hydrogen-bond donors (Lipinski definition) is 0. The summed E-state index contributed by atoms with van der Waals surface area (Å²) < 4.78 is 9.89. The minimum absolute atomic E-state index is 0.303. The second kappa shape index (κ2) is 6.74. The van der Waals surface area contributed by atoms with E-state index in [4.69, 9.17) is 9.47 Å². The van der Waals surface area contributed by atoms with Crippen LogP contribution in [0.15, 0.2) is 54.6 Å². The maximum atomic E-state index is 12.5. The van der Waals surface area contributed by atoms with Gasteiger partial charge < -0.3 is 9.47 Å². The van der Waals surface area contributed by atoms with Crippen LogP contribution in [-0.4, -0.2) is 37.2 Å². The minimum Gasteiger partial charge on any atom is -0.467 e. The van der Waals surface area contributed by atoms with Crippen molar-refractivity contribution in [3.8, 4) is 0 Å². The molecule has 1 aliphatic heterocycles. The first-order valence-corrected chi connectivity index (χ1v) is 7.72. The van der Waals surface area contributed by atoms with Gasteiger partial charge in [0.2, 0.25) is 0 Å². The van der Waals surface area contributed by atoms with Gasteiger partial charge in [-0.1, -0.05) is 54.6 Å². The molecule has 2 aromatic rings. The Labute approximate surface area is 140 Å². The quantitative estimate of drug-likeness (QED) is 0.797. The molecule has 0 aliphatic carbocycles. The molecule has 2 atom stereocenters. The van der Waals surface area contributed by atoms with E-state index >= 15 is 0 Å². The van der Waals surface area contributed by atoms with E-state index in [0.717, 1.165) is 16.7 Å². The van der Waals surface area contributed by atoms with Gasteiger partial charge in [-0.05, 0) is 16.7 Å². The molecule has 5 heteroatoms. The molecule has 1 aliphatic rings. The lowest BCUT2D eigenvalue weighted by Gasteiger charge is -2.40. The van der Waals surface area contributed by atoms with Gasteiger partial charge in [-0.15, -0.1) is 0 Å². The number of nitrogens with zero attached hydrogens (tertiary/aromatic N) is 1. The van der Waals surface area contributed by atoms with E-state index in [1.807, 2.05) is 54.6 Å². The van der Waals surface area contributed by atoms with Crippen LogP contribution in [0.25, 0.3) is 0 Å². The second-order valence-electron chi connectivity index (χ2n) is 5.65. The summed E-state index contributed by atoms with van der Waals surface area (Å²) in [6.45, 7) is 0.311. The van der Waals surface area contributed by atoms with Gasteiger partial charge in [-0.25, -0.2) is 9.59 Å². The van der Waals surface area contributed by atoms with Crippen molar-refractivity contribution >= 4 is 12.1 Å². The standard InChI is InChI=1S/C19H19NO4/c1-23-18(21)17-16(13-8-4-3-5-9-13)15-11-7-6-10-14(15)12-20(17)19(22)24-2/h3-11,16-17H,12H2,1-2H3/t16-,17-/m0/s1. The van der Waals surface area contributed by atoms with Gasteiger partial charge in [-0.3, -0.25) is 4.90 Å². The first-order chi connectivity index (χ1) is 11.7. The van der Waals surface area contributed by atoms with E-state index < -0.39 is 18.1 Å². The first kappa shape index (κ1) is 16.1. The number of hydrogen-bond acceptors (Lipinski definition) is 4. The fraction of sp³-hybridized carbons (Fsp3) is 0.263. The van der Waals surface area contributed by atoms with Crippen LogP contribution < -0.4 is 0 Å². The molecule has 1 amide bonds. The third-order valence-corrected chi connectivity index (χ3v) is 4.39. The molecular formula is C19H19NO4. The predicted octanol–water partition coefficient (Wildman–Crippen LogP) is 2.94. The first-order valence-electron chi connectivity index (χ1n) is 7.72. The number of amides is 1. The van der Waals surface area contributed by atoms with Crippen molar-refractivity contribution in [1.82, 2.24) is 4.90 Å². The highest BCUT2D eigenvalue weighted by Gasteiger charge is 2.43. The zero-order valence-corrected chi connectivity index (χ0v) is 13.6. The highest BCUT2D eigenvalue weighted by molar-refractivity contribution is 5.84. The SMILES string of the molecule is COC(=O)[C@@H]1[C@@H](c2ccccc2)c2ccccc2CN1C(=O)OC. The van der Waals surface area contributed by atoms with E-state index in [-0.39, 0.29) is 5.92 Å². The molecule has 0 saturated carbocycles. The molecule has 0 spiro atoms. The monoisotopic (exact) mass is 325 g/mol. The zero-order valence-electron chi connectivity index (χ0n) is 13.6. The molecule has 24 heavy (non-hydrogen) atoms. The molecule has 1 heterocycles. The largest absolute Gasteiger partial charge is 0.467 e. The van der Waals surface area contributed by atoms with Crippen LogP contribution in [0.1, 0.15) is 22.6 Å². The van der Waals surface area contributed by atoms with Gasteiger partial charge in [0.1, 0.15) is 6.04 Å². The molecule has 0 radical (unpaired) electrons. The minimum atomic E-state index is -0.764. The van der Waals surface area contributed by atoms with Crippen LogP contribution in [0, 0.1) is 0 Å². The normalized spacial score (nSPS) is 19.3. The summed E-state index contributed by atoms with van der Waals surface area (Å²) in [6.07, 6.45) is -0.541. The maximum absolute atomic E-state index is 12.5. The van der Waals surface area contributed by atoms with Gasteiger partial charge in [0.25, 0.3) is 0 Å². The van der Waals surface area contributed by atoms with Crippen LogP contribution in [0.3, 0.4) is 0 Å². The Morgan fingerprint density at radius 1 is 0.958 bits per heavy atom. The molecule has 2 aromatic carbocycles. The highest BCUT2D eigenvalue weighted by atomic mass is 16.5. The summed E-state index contributed by atoms with van der Waals surface area (Å²) in [6, 6.07) is 16.7. The van der Waals surface area contributed by atoms with Gasteiger partial charge in [0.05, 0.1) is 20.8 Å². The average Bonchev–Trinajstić information content (AvgIpc) is 2.65. The molecule has 0 aromatic heterocycles. The highest BCUT2D eigenvalue weighted by Crippen LogP contribution is 2.38. The van der Waals surface area contributed by atoms with Crippen LogP contribution in [0.5, 0.6) is 0 Å². The molecular weight excluding hydrogens is 306 g/mol. The number of carbonyl (C=O) groups excluding carboxylic acids is 2. The number of fused-ring (bicyclic) bond motifs is 1. The number of benzene rings is 2. The topological polar surface area (TPSA) is 55.8 Å². The fourth-order valence-electron chi connectivity index (χ4n) is 3.32. The fourth-order valence-corrected chi connectivity index (χ4v) is 3.32. The number of methoxy groups -OCH3 is 2. The van der Waals surface area contributed by atoms with Crippen molar-refractivity contribution in [2.24, 2.45) is 0 Å². The van der Waals surface area contributed by atoms with Crippen molar-refractivity contribution < 1.29 is 19.1 Å². The van der Waals surface area contributed by atoms with Gasteiger partial charge in [0, 0.05) is 5.92 Å². The lowest BCUT2D eigenvalue weighted by molar-refractivity contribution is -0.147. The van der Waals surface area contributed by atoms with E-state index in [1.54, 1.807) is 0 Å². The van der Waals surface area contributed by atoms with Crippen LogP contribution >= 0.6 is 0 Å². The van der Waals surface area contributed by atoms with Gasteiger partial charge >= 0.3 is 12.1 Å². The lowest BCUT2D eigenvalue weighted by Crippen LogP contribution is -2.51. The van der Waals surface area contributed by atoms with E-state index in [2.05, 4.69) is 0 Å². The zero-order chi connectivity index (χ0) is 17.1. The number of esters is 1. The summed E-state index contributed by atoms with van der Waals surface area (Å²) in [5, 5.41) is 0. The van der Waals surface area contributed by atoms with Gasteiger partial charge in [-0.2, -0.15) is 0 Å². The molecule has 5 nitrogen and oxygen atoms in total. The van der Waals surface area contributed by atoms with E-state index in [0.29, 0.717) is 6.54 Å². The Bertz CT molecular complexity index is 744. The Morgan fingerprint density at radius 2 is 1.62 bits per heavy atom. The Kier molecular flexibility index (Phi) is 4.51. The molecule has 0 fully saturated rings. The third kappa shape index (κ3) is 2.73. The van der Waals surface area contributed by atoms with Crippen molar-refractivity contribution in [1.29, 1.82) is 0 Å². The summed E-state index contributed by atoms with van der Waals surface area (Å²) >= 11 is 0. The molecule has 0 N–H and O–H groups in total. The van der Waals surface area contributed by atoms with Crippen LogP contribution in [0.2, 0.25) is 0 Å². The summed E-state index contributed by atoms with van der Waals surface area (Å²) in [5.41, 5.74) is 2.98. The van der Waals surface area contributed by atoms with Gasteiger partial charge in [0.15, 0.2) is 0 Å². The predicted molar refractivity (Wildman–Crippen MR) is 88.5 cm³/mol. The Balaban J connectivity index is 2.19. The summed E-state index contributed by atoms with van der Waals surface area (Å²) in [5.74, 6) is -0.758. The van der Waals surface area contributed by atoms with Crippen molar-refractivity contribution in [3.63, 3.8) is 0 Å². The summed E-state index contributed by atoms with van der Waals surface area (Å²) in [7, 11) is 2.65. The Hall–Kier alpha value is -2.82.